The fourth-order valence-corrected chi connectivity index (χ4v) is 1.84. The first-order chi connectivity index (χ1) is 7.50. The minimum absolute atomic E-state index is 0.0860. The topological polar surface area (TPSA) is 66.4 Å². The fourth-order valence-electron chi connectivity index (χ4n) is 1.05. The molecule has 0 fully saturated rings. The summed E-state index contributed by atoms with van der Waals surface area (Å²) in [5, 5.41) is 11.0. The van der Waals surface area contributed by atoms with Crippen molar-refractivity contribution in [1.29, 1.82) is 0 Å². The molecule has 6 heteroatoms. The highest BCUT2D eigenvalue weighted by atomic mass is 79.9. The van der Waals surface area contributed by atoms with E-state index in [1.165, 1.54) is 0 Å². The molecular weight excluding hydrogens is 342 g/mol. The van der Waals surface area contributed by atoms with E-state index in [4.69, 9.17) is 5.11 Å². The van der Waals surface area contributed by atoms with E-state index in [2.05, 4.69) is 37.2 Å². The van der Waals surface area contributed by atoms with Crippen molar-refractivity contribution in [3.05, 3.63) is 32.7 Å². The van der Waals surface area contributed by atoms with E-state index in [1.54, 1.807) is 18.2 Å². The van der Waals surface area contributed by atoms with Gasteiger partial charge in [0.25, 0.3) is 5.91 Å². The quantitative estimate of drug-likeness (QED) is 0.876. The summed E-state index contributed by atoms with van der Waals surface area (Å²) < 4.78 is 1.46. The Kier molecular flexibility index (Phi) is 4.95. The van der Waals surface area contributed by atoms with Gasteiger partial charge in [0, 0.05) is 15.5 Å². The number of hydrogen-bond acceptors (Lipinski definition) is 2. The number of nitrogens with one attached hydrogen (secondary N) is 1. The fraction of sp³-hybridized carbons (Fsp3) is 0.200. The van der Waals surface area contributed by atoms with Gasteiger partial charge in [-0.3, -0.25) is 9.59 Å². The second-order valence-electron chi connectivity index (χ2n) is 3.02. The van der Waals surface area contributed by atoms with Gasteiger partial charge in [-0.1, -0.05) is 15.9 Å². The van der Waals surface area contributed by atoms with Crippen LogP contribution in [0, 0.1) is 0 Å². The summed E-state index contributed by atoms with van der Waals surface area (Å²) in [5.41, 5.74) is 0.472. The standard InChI is InChI=1S/C10H9Br2NO3/c11-6-1-2-8(12)7(5-6)10(16)13-4-3-9(14)15/h1-2,5H,3-4H2,(H,13,16)(H,14,15). The van der Waals surface area contributed by atoms with E-state index in [-0.39, 0.29) is 18.9 Å². The van der Waals surface area contributed by atoms with Crippen molar-refractivity contribution in [3.63, 3.8) is 0 Å². The number of carbonyl (C=O) groups excluding carboxylic acids is 1. The van der Waals surface area contributed by atoms with Gasteiger partial charge in [-0.05, 0) is 34.1 Å². The lowest BCUT2D eigenvalue weighted by atomic mass is 10.2. The Labute approximate surface area is 109 Å². The van der Waals surface area contributed by atoms with Crippen molar-refractivity contribution in [1.82, 2.24) is 5.32 Å². The maximum Gasteiger partial charge on any atom is 0.305 e. The van der Waals surface area contributed by atoms with Gasteiger partial charge in [0.2, 0.25) is 0 Å². The van der Waals surface area contributed by atoms with Crippen LogP contribution < -0.4 is 5.32 Å². The van der Waals surface area contributed by atoms with E-state index in [1.807, 2.05) is 0 Å². The number of benzene rings is 1. The molecule has 0 saturated heterocycles. The second-order valence-corrected chi connectivity index (χ2v) is 4.79. The van der Waals surface area contributed by atoms with Crippen LogP contribution in [0.1, 0.15) is 16.8 Å². The van der Waals surface area contributed by atoms with E-state index in [0.717, 1.165) is 4.47 Å². The molecule has 1 aromatic carbocycles. The third-order valence-electron chi connectivity index (χ3n) is 1.80. The first-order valence-electron chi connectivity index (χ1n) is 4.45. The van der Waals surface area contributed by atoms with Crippen molar-refractivity contribution >= 4 is 43.7 Å². The summed E-state index contributed by atoms with van der Waals surface area (Å²) in [4.78, 5) is 21.9. The molecule has 0 unspecified atom stereocenters. The van der Waals surface area contributed by atoms with Crippen molar-refractivity contribution in [3.8, 4) is 0 Å². The summed E-state index contributed by atoms with van der Waals surface area (Å²) in [7, 11) is 0. The predicted molar refractivity (Wildman–Crippen MR) is 66.4 cm³/mol. The lowest BCUT2D eigenvalue weighted by molar-refractivity contribution is -0.136. The minimum atomic E-state index is -0.936. The number of carboxylic acids is 1. The zero-order chi connectivity index (χ0) is 12.1. The Bertz CT molecular complexity index is 421. The average Bonchev–Trinajstić information content (AvgIpc) is 2.21. The Hall–Kier alpha value is -0.880. The van der Waals surface area contributed by atoms with Crippen LogP contribution in [-0.2, 0) is 4.79 Å². The molecule has 0 aliphatic rings. The molecule has 1 amide bonds. The van der Waals surface area contributed by atoms with Crippen LogP contribution in [0.5, 0.6) is 0 Å². The number of rotatable bonds is 4. The maximum absolute atomic E-state index is 11.6. The number of halogens is 2. The largest absolute Gasteiger partial charge is 0.481 e. The predicted octanol–water partition coefficient (Wildman–Crippen LogP) is 2.42. The SMILES string of the molecule is O=C(O)CCNC(=O)c1cc(Br)ccc1Br. The van der Waals surface area contributed by atoms with Crippen LogP contribution in [-0.4, -0.2) is 23.5 Å². The zero-order valence-electron chi connectivity index (χ0n) is 8.17. The highest BCUT2D eigenvalue weighted by Crippen LogP contribution is 2.21. The number of carbonyl (C=O) groups is 2. The summed E-state index contributed by atoms with van der Waals surface area (Å²) in [6, 6.07) is 5.22. The van der Waals surface area contributed by atoms with E-state index in [0.29, 0.717) is 10.0 Å². The molecule has 0 atom stereocenters. The van der Waals surface area contributed by atoms with Gasteiger partial charge in [-0.25, -0.2) is 0 Å². The monoisotopic (exact) mass is 349 g/mol. The van der Waals surface area contributed by atoms with Crippen LogP contribution in [0.2, 0.25) is 0 Å². The second kappa shape index (κ2) is 6.00. The molecule has 86 valence electrons. The van der Waals surface area contributed by atoms with Gasteiger partial charge in [0.05, 0.1) is 12.0 Å². The van der Waals surface area contributed by atoms with Gasteiger partial charge in [-0.2, -0.15) is 0 Å². The Morgan fingerprint density at radius 3 is 2.62 bits per heavy atom. The molecule has 0 radical (unpaired) electrons. The Balaban J connectivity index is 2.65. The molecule has 0 aromatic heterocycles. The summed E-state index contributed by atoms with van der Waals surface area (Å²) >= 11 is 6.51. The smallest absolute Gasteiger partial charge is 0.305 e. The highest BCUT2D eigenvalue weighted by Gasteiger charge is 2.10. The molecule has 0 aliphatic carbocycles. The lowest BCUT2D eigenvalue weighted by Gasteiger charge is -2.06. The molecule has 0 spiro atoms. The van der Waals surface area contributed by atoms with Gasteiger partial charge < -0.3 is 10.4 Å². The summed E-state index contributed by atoms with van der Waals surface area (Å²) in [6.45, 7) is 0.118. The molecule has 0 aliphatic heterocycles. The molecule has 2 N–H and O–H groups in total. The molecule has 16 heavy (non-hydrogen) atoms. The maximum atomic E-state index is 11.6. The summed E-state index contributed by atoms with van der Waals surface area (Å²) in [6.07, 6.45) is -0.0860. The van der Waals surface area contributed by atoms with Crippen molar-refractivity contribution < 1.29 is 14.7 Å². The number of amides is 1. The highest BCUT2D eigenvalue weighted by molar-refractivity contribution is 9.11. The lowest BCUT2D eigenvalue weighted by Crippen LogP contribution is -2.26. The Morgan fingerprint density at radius 2 is 2.00 bits per heavy atom. The molecular formula is C10H9Br2NO3. The first-order valence-corrected chi connectivity index (χ1v) is 6.04. The van der Waals surface area contributed by atoms with Crippen molar-refractivity contribution in [2.75, 3.05) is 6.54 Å². The minimum Gasteiger partial charge on any atom is -0.481 e. The van der Waals surface area contributed by atoms with Gasteiger partial charge in [0.1, 0.15) is 0 Å². The summed E-state index contributed by atoms with van der Waals surface area (Å²) in [5.74, 6) is -1.23. The third kappa shape index (κ3) is 3.94. The van der Waals surface area contributed by atoms with Crippen LogP contribution in [0.3, 0.4) is 0 Å². The molecule has 4 nitrogen and oxygen atoms in total. The van der Waals surface area contributed by atoms with E-state index >= 15 is 0 Å². The van der Waals surface area contributed by atoms with Crippen LogP contribution >= 0.6 is 31.9 Å². The Morgan fingerprint density at radius 1 is 1.31 bits per heavy atom. The van der Waals surface area contributed by atoms with Gasteiger partial charge in [-0.15, -0.1) is 0 Å². The van der Waals surface area contributed by atoms with Crippen LogP contribution in [0.25, 0.3) is 0 Å². The molecule has 1 rings (SSSR count). The van der Waals surface area contributed by atoms with Gasteiger partial charge in [0.15, 0.2) is 0 Å². The molecule has 1 aromatic rings. The van der Waals surface area contributed by atoms with Crippen LogP contribution in [0.15, 0.2) is 27.1 Å². The third-order valence-corrected chi connectivity index (χ3v) is 2.98. The number of hydrogen-bond donors (Lipinski definition) is 2. The van der Waals surface area contributed by atoms with E-state index in [9.17, 15) is 9.59 Å². The van der Waals surface area contributed by atoms with Crippen molar-refractivity contribution in [2.24, 2.45) is 0 Å². The molecule has 0 bridgehead atoms. The molecule has 0 heterocycles. The number of carboxylic acid groups (broad SMARTS) is 1. The average molecular weight is 351 g/mol. The first kappa shape index (κ1) is 13.2. The van der Waals surface area contributed by atoms with Crippen molar-refractivity contribution in [2.45, 2.75) is 6.42 Å². The number of aliphatic carboxylic acids is 1. The van der Waals surface area contributed by atoms with Crippen LogP contribution in [0.4, 0.5) is 0 Å². The normalized spacial score (nSPS) is 9.88. The van der Waals surface area contributed by atoms with Gasteiger partial charge >= 0.3 is 5.97 Å². The van der Waals surface area contributed by atoms with E-state index < -0.39 is 5.97 Å². The zero-order valence-corrected chi connectivity index (χ0v) is 11.3. The molecule has 0 saturated carbocycles.